The summed E-state index contributed by atoms with van der Waals surface area (Å²) >= 11 is 0. The lowest BCUT2D eigenvalue weighted by Gasteiger charge is -2.39. The molecule has 25 heavy (non-hydrogen) atoms. The van der Waals surface area contributed by atoms with Crippen molar-refractivity contribution in [2.45, 2.75) is 45.5 Å². The molecule has 1 aromatic rings. The molecular formula is C16H26F3N5O. The molecule has 1 atom stereocenters. The molecule has 0 aliphatic carbocycles. The zero-order valence-electron chi connectivity index (χ0n) is 15.1. The fourth-order valence-electron chi connectivity index (χ4n) is 2.71. The predicted octanol–water partition coefficient (Wildman–Crippen LogP) is 2.44. The molecule has 2 heterocycles. The highest BCUT2D eigenvalue weighted by Crippen LogP contribution is 2.25. The first-order valence-corrected chi connectivity index (χ1v) is 8.44. The van der Waals surface area contributed by atoms with Crippen molar-refractivity contribution < 1.29 is 17.7 Å². The summed E-state index contributed by atoms with van der Waals surface area (Å²) in [7, 11) is 1.66. The molecule has 6 nitrogen and oxygen atoms in total. The molecule has 1 aromatic heterocycles. The van der Waals surface area contributed by atoms with E-state index in [1.54, 1.807) is 7.05 Å². The molecule has 1 saturated heterocycles. The molecule has 0 spiro atoms. The van der Waals surface area contributed by atoms with E-state index in [2.05, 4.69) is 15.5 Å². The van der Waals surface area contributed by atoms with E-state index in [-0.39, 0.29) is 0 Å². The number of piperazine rings is 1. The Morgan fingerprint density at radius 1 is 1.28 bits per heavy atom. The van der Waals surface area contributed by atoms with E-state index < -0.39 is 12.2 Å². The highest BCUT2D eigenvalue weighted by molar-refractivity contribution is 5.79. The first kappa shape index (κ1) is 19.6. The highest BCUT2D eigenvalue weighted by Gasteiger charge is 2.41. The minimum absolute atomic E-state index is 0.292. The van der Waals surface area contributed by atoms with Gasteiger partial charge in [-0.1, -0.05) is 19.0 Å². The molecule has 0 amide bonds. The number of nitrogens with one attached hydrogen (secondary N) is 1. The monoisotopic (exact) mass is 361 g/mol. The molecule has 1 fully saturated rings. The smallest absolute Gasteiger partial charge is 0.359 e. The van der Waals surface area contributed by atoms with Crippen molar-refractivity contribution in [2.24, 2.45) is 4.99 Å². The number of alkyl halides is 3. The Balaban J connectivity index is 1.86. The molecule has 142 valence electrons. The third kappa shape index (κ3) is 5.10. The highest BCUT2D eigenvalue weighted by atomic mass is 19.4. The van der Waals surface area contributed by atoms with Crippen LogP contribution in [0.1, 0.15) is 38.1 Å². The van der Waals surface area contributed by atoms with Crippen LogP contribution in [0.3, 0.4) is 0 Å². The molecule has 2 rings (SSSR count). The van der Waals surface area contributed by atoms with Gasteiger partial charge in [-0.3, -0.25) is 9.89 Å². The summed E-state index contributed by atoms with van der Waals surface area (Å²) in [6.07, 6.45) is -4.19. The van der Waals surface area contributed by atoms with E-state index in [1.165, 1.54) is 11.8 Å². The third-order valence-electron chi connectivity index (χ3n) is 4.44. The Bertz CT molecular complexity index is 577. The summed E-state index contributed by atoms with van der Waals surface area (Å²) < 4.78 is 43.7. The van der Waals surface area contributed by atoms with Crippen molar-refractivity contribution in [3.8, 4) is 0 Å². The van der Waals surface area contributed by atoms with Gasteiger partial charge in [-0.25, -0.2) is 0 Å². The number of aliphatic imine (C=N–C) groups is 1. The van der Waals surface area contributed by atoms with Crippen LogP contribution in [0.15, 0.2) is 15.6 Å². The number of hydrogen-bond donors (Lipinski definition) is 1. The Labute approximate surface area is 146 Å². The number of guanidine groups is 1. The number of nitrogens with zero attached hydrogens (tertiary/aromatic N) is 4. The van der Waals surface area contributed by atoms with Crippen molar-refractivity contribution >= 4 is 5.96 Å². The number of halogens is 3. The Hall–Kier alpha value is -1.77. The zero-order chi connectivity index (χ0) is 18.6. The zero-order valence-corrected chi connectivity index (χ0v) is 15.1. The maximum Gasteiger partial charge on any atom is 0.403 e. The van der Waals surface area contributed by atoms with Crippen molar-refractivity contribution in [3.05, 3.63) is 17.5 Å². The van der Waals surface area contributed by atoms with Crippen LogP contribution in [0.25, 0.3) is 0 Å². The molecular weight excluding hydrogens is 335 g/mol. The Morgan fingerprint density at radius 2 is 1.92 bits per heavy atom. The largest absolute Gasteiger partial charge is 0.403 e. The first-order chi connectivity index (χ1) is 11.7. The van der Waals surface area contributed by atoms with E-state index in [0.29, 0.717) is 50.4 Å². The van der Waals surface area contributed by atoms with Gasteiger partial charge >= 0.3 is 6.18 Å². The molecule has 1 aliphatic heterocycles. The maximum absolute atomic E-state index is 12.8. The van der Waals surface area contributed by atoms with Crippen molar-refractivity contribution in [2.75, 3.05) is 33.2 Å². The second-order valence-electron chi connectivity index (χ2n) is 6.51. The van der Waals surface area contributed by atoms with Gasteiger partial charge < -0.3 is 14.7 Å². The second kappa shape index (κ2) is 8.07. The fraction of sp³-hybridized carbons (Fsp3) is 0.750. The average molecular weight is 361 g/mol. The van der Waals surface area contributed by atoms with Gasteiger partial charge in [0.05, 0.1) is 12.2 Å². The molecule has 0 saturated carbocycles. The number of rotatable bonds is 4. The lowest BCUT2D eigenvalue weighted by atomic mass is 10.1. The first-order valence-electron chi connectivity index (χ1n) is 8.44. The van der Waals surface area contributed by atoms with Gasteiger partial charge in [0.1, 0.15) is 6.04 Å². The van der Waals surface area contributed by atoms with E-state index in [4.69, 9.17) is 4.52 Å². The molecule has 1 aliphatic rings. The topological polar surface area (TPSA) is 56.9 Å². The van der Waals surface area contributed by atoms with Crippen LogP contribution >= 0.6 is 0 Å². The van der Waals surface area contributed by atoms with Crippen molar-refractivity contribution in [3.63, 3.8) is 0 Å². The van der Waals surface area contributed by atoms with Gasteiger partial charge in [-0.05, 0) is 12.8 Å². The normalized spacial score (nSPS) is 18.7. The Kier molecular flexibility index (Phi) is 6.31. The van der Waals surface area contributed by atoms with Crippen molar-refractivity contribution in [1.82, 2.24) is 20.3 Å². The van der Waals surface area contributed by atoms with Gasteiger partial charge in [-0.15, -0.1) is 0 Å². The van der Waals surface area contributed by atoms with Gasteiger partial charge in [0.2, 0.25) is 0 Å². The minimum atomic E-state index is -4.19. The predicted molar refractivity (Wildman–Crippen MR) is 89.5 cm³/mol. The lowest BCUT2D eigenvalue weighted by molar-refractivity contribution is -0.181. The standard InChI is InChI=1S/C16H26F3N5O/c1-11(2)14-9-13(25-22-14)10-21-15(20-4)24-7-5-23(6-8-24)12(3)16(17,18)19/h9,11-12H,5-8,10H2,1-4H3,(H,20,21). The molecule has 1 N–H and O–H groups in total. The van der Waals surface area contributed by atoms with Crippen LogP contribution in [0.4, 0.5) is 13.2 Å². The molecule has 1 unspecified atom stereocenters. The molecule has 0 aromatic carbocycles. The van der Waals surface area contributed by atoms with Gasteiger partial charge in [0.25, 0.3) is 0 Å². The summed E-state index contributed by atoms with van der Waals surface area (Å²) in [4.78, 5) is 7.63. The summed E-state index contributed by atoms with van der Waals surface area (Å²) in [5.74, 6) is 1.65. The number of hydrogen-bond acceptors (Lipinski definition) is 4. The van der Waals surface area contributed by atoms with Crippen LogP contribution in [0.5, 0.6) is 0 Å². The van der Waals surface area contributed by atoms with E-state index >= 15 is 0 Å². The fourth-order valence-corrected chi connectivity index (χ4v) is 2.71. The Morgan fingerprint density at radius 3 is 2.40 bits per heavy atom. The summed E-state index contributed by atoms with van der Waals surface area (Å²) in [5.41, 5.74) is 0.890. The summed E-state index contributed by atoms with van der Waals surface area (Å²) in [5, 5.41) is 7.19. The minimum Gasteiger partial charge on any atom is -0.359 e. The summed E-state index contributed by atoms with van der Waals surface area (Å²) in [6, 6.07) is 0.474. The lowest BCUT2D eigenvalue weighted by Crippen LogP contribution is -2.56. The molecule has 9 heteroatoms. The quantitative estimate of drug-likeness (QED) is 0.659. The van der Waals surface area contributed by atoms with E-state index in [9.17, 15) is 13.2 Å². The van der Waals surface area contributed by atoms with E-state index in [1.807, 2.05) is 24.8 Å². The maximum atomic E-state index is 12.8. The van der Waals surface area contributed by atoms with Crippen LogP contribution in [-0.4, -0.2) is 66.4 Å². The molecule has 0 bridgehead atoms. The third-order valence-corrected chi connectivity index (χ3v) is 4.44. The van der Waals surface area contributed by atoms with Gasteiger partial charge in [-0.2, -0.15) is 13.2 Å². The second-order valence-corrected chi connectivity index (χ2v) is 6.51. The van der Waals surface area contributed by atoms with Gasteiger partial charge in [0.15, 0.2) is 11.7 Å². The van der Waals surface area contributed by atoms with Crippen LogP contribution in [0.2, 0.25) is 0 Å². The number of aromatic nitrogens is 1. The van der Waals surface area contributed by atoms with E-state index in [0.717, 1.165) is 5.69 Å². The SMILES string of the molecule is CN=C(NCc1cc(C(C)C)no1)N1CCN(C(C)C(F)(F)F)CC1. The van der Waals surface area contributed by atoms with Gasteiger partial charge in [0, 0.05) is 39.3 Å². The molecule has 0 radical (unpaired) electrons. The van der Waals surface area contributed by atoms with Crippen LogP contribution in [-0.2, 0) is 6.54 Å². The van der Waals surface area contributed by atoms with Crippen LogP contribution in [0, 0.1) is 0 Å². The van der Waals surface area contributed by atoms with Crippen LogP contribution < -0.4 is 5.32 Å². The summed E-state index contributed by atoms with van der Waals surface area (Å²) in [6.45, 7) is 7.40. The average Bonchev–Trinajstić information content (AvgIpc) is 3.04. The van der Waals surface area contributed by atoms with Crippen molar-refractivity contribution in [1.29, 1.82) is 0 Å².